The van der Waals surface area contributed by atoms with Crippen molar-refractivity contribution in [1.29, 1.82) is 0 Å². The highest BCUT2D eigenvalue weighted by Crippen LogP contribution is 2.27. The lowest BCUT2D eigenvalue weighted by Crippen LogP contribution is -2.67. The Bertz CT molecular complexity index is 511. The summed E-state index contributed by atoms with van der Waals surface area (Å²) in [5.41, 5.74) is 17.8. The number of nitrogens with two attached hydrogens (primary N) is 3. The molecule has 0 bridgehead atoms. The average Bonchev–Trinajstić information content (AvgIpc) is 2.71. The number of ether oxygens (including phenoxy) is 2. The van der Waals surface area contributed by atoms with E-state index in [1.54, 1.807) is 0 Å². The van der Waals surface area contributed by atoms with Gasteiger partial charge in [-0.3, -0.25) is 0 Å². The molecule has 0 aromatic carbocycles. The molecule has 1 heterocycles. The maximum Gasteiger partial charge on any atom is 0.176 e. The third-order valence-electron chi connectivity index (χ3n) is 6.63. The molecule has 170 valence electrons. The Morgan fingerprint density at radius 3 is 2.21 bits per heavy atom. The van der Waals surface area contributed by atoms with Gasteiger partial charge in [0, 0.05) is 18.6 Å². The minimum absolute atomic E-state index is 0.266. The van der Waals surface area contributed by atoms with Crippen molar-refractivity contribution in [1.82, 2.24) is 5.32 Å². The molecular formula is C19H38N4O6. The maximum absolute atomic E-state index is 10.4. The second-order valence-electron chi connectivity index (χ2n) is 8.91. The predicted octanol–water partition coefficient (Wildman–Crippen LogP) is -2.90. The Balaban J connectivity index is 1.56. The molecule has 3 rings (SSSR count). The SMILES string of the molecule is N[C@H]1[C@@H](O[C@H]2[C@H](O)[C@@H](O)[C@H](N)C[C@@H]2N)O[C@H](CNCC2CCCCC2)[C@@H](O)[C@@H]1O. The Morgan fingerprint density at radius 1 is 0.828 bits per heavy atom. The van der Waals surface area contributed by atoms with Crippen molar-refractivity contribution in [2.45, 2.75) is 99.6 Å². The van der Waals surface area contributed by atoms with Gasteiger partial charge in [-0.15, -0.1) is 0 Å². The Morgan fingerprint density at radius 2 is 1.52 bits per heavy atom. The standard InChI is InChI=1S/C19H38N4O6/c20-10-6-11(21)18(17(27)14(10)24)29-19-13(22)16(26)15(25)12(28-19)8-23-7-9-4-2-1-3-5-9/h9-19,23-27H,1-8,20-22H2/t10-,11+,12-,13-,14+,15-,16-,17-,18-,19-/m1/s1. The summed E-state index contributed by atoms with van der Waals surface area (Å²) >= 11 is 0. The first-order valence-electron chi connectivity index (χ1n) is 10.8. The number of hydrogen-bond donors (Lipinski definition) is 8. The van der Waals surface area contributed by atoms with Crippen LogP contribution >= 0.6 is 0 Å². The third kappa shape index (κ3) is 5.45. The van der Waals surface area contributed by atoms with Gasteiger partial charge in [0.15, 0.2) is 6.29 Å². The van der Waals surface area contributed by atoms with Crippen LogP contribution in [0.15, 0.2) is 0 Å². The third-order valence-corrected chi connectivity index (χ3v) is 6.63. The fourth-order valence-corrected chi connectivity index (χ4v) is 4.69. The van der Waals surface area contributed by atoms with Crippen LogP contribution in [0.4, 0.5) is 0 Å². The van der Waals surface area contributed by atoms with Crippen LogP contribution in [0, 0.1) is 5.92 Å². The molecule has 2 saturated carbocycles. The van der Waals surface area contributed by atoms with Crippen molar-refractivity contribution in [2.24, 2.45) is 23.1 Å². The van der Waals surface area contributed by atoms with Crippen molar-refractivity contribution < 1.29 is 29.9 Å². The zero-order valence-electron chi connectivity index (χ0n) is 16.8. The van der Waals surface area contributed by atoms with Crippen molar-refractivity contribution in [3.63, 3.8) is 0 Å². The van der Waals surface area contributed by atoms with E-state index in [9.17, 15) is 20.4 Å². The first-order chi connectivity index (χ1) is 13.8. The molecule has 3 aliphatic rings. The second kappa shape index (κ2) is 10.3. The first-order valence-corrected chi connectivity index (χ1v) is 10.8. The van der Waals surface area contributed by atoms with E-state index in [0.717, 1.165) is 6.54 Å². The lowest BCUT2D eigenvalue weighted by molar-refractivity contribution is -0.288. The number of aliphatic hydroxyl groups excluding tert-OH is 4. The van der Waals surface area contributed by atoms with Gasteiger partial charge >= 0.3 is 0 Å². The van der Waals surface area contributed by atoms with E-state index >= 15 is 0 Å². The molecule has 0 unspecified atom stereocenters. The van der Waals surface area contributed by atoms with E-state index < -0.39 is 61.0 Å². The summed E-state index contributed by atoms with van der Waals surface area (Å²) in [6, 6.07) is -2.29. The molecule has 0 radical (unpaired) electrons. The molecule has 1 aliphatic heterocycles. The van der Waals surface area contributed by atoms with Crippen LogP contribution in [-0.4, -0.2) is 94.6 Å². The molecule has 3 fully saturated rings. The highest BCUT2D eigenvalue weighted by molar-refractivity contribution is 4.99. The predicted molar refractivity (Wildman–Crippen MR) is 106 cm³/mol. The van der Waals surface area contributed by atoms with E-state index in [4.69, 9.17) is 26.7 Å². The first kappa shape index (κ1) is 23.3. The zero-order chi connectivity index (χ0) is 21.1. The van der Waals surface area contributed by atoms with Crippen molar-refractivity contribution >= 4 is 0 Å². The van der Waals surface area contributed by atoms with Gasteiger partial charge in [-0.1, -0.05) is 19.3 Å². The van der Waals surface area contributed by atoms with Gasteiger partial charge in [-0.2, -0.15) is 0 Å². The van der Waals surface area contributed by atoms with Gasteiger partial charge < -0.3 is 52.4 Å². The molecule has 2 aliphatic carbocycles. The van der Waals surface area contributed by atoms with Crippen LogP contribution < -0.4 is 22.5 Å². The molecular weight excluding hydrogens is 380 g/mol. The maximum atomic E-state index is 10.4. The van der Waals surface area contributed by atoms with Crippen LogP contribution in [0.1, 0.15) is 38.5 Å². The Kier molecular flexibility index (Phi) is 8.24. The molecule has 1 saturated heterocycles. The zero-order valence-corrected chi connectivity index (χ0v) is 16.8. The minimum Gasteiger partial charge on any atom is -0.389 e. The van der Waals surface area contributed by atoms with Crippen LogP contribution in [-0.2, 0) is 9.47 Å². The molecule has 10 nitrogen and oxygen atoms in total. The summed E-state index contributed by atoms with van der Waals surface area (Å²) in [6.07, 6.45) is -1.18. The molecule has 0 spiro atoms. The average molecular weight is 419 g/mol. The second-order valence-corrected chi connectivity index (χ2v) is 8.91. The van der Waals surface area contributed by atoms with Crippen molar-refractivity contribution in [3.8, 4) is 0 Å². The smallest absolute Gasteiger partial charge is 0.176 e. The molecule has 0 aromatic rings. The van der Waals surface area contributed by atoms with E-state index in [1.807, 2.05) is 0 Å². The molecule has 10 atom stereocenters. The topological polar surface area (TPSA) is 189 Å². The van der Waals surface area contributed by atoms with Gasteiger partial charge in [-0.05, 0) is 31.7 Å². The summed E-state index contributed by atoms with van der Waals surface area (Å²) in [4.78, 5) is 0. The number of nitrogens with one attached hydrogen (secondary N) is 1. The van der Waals surface area contributed by atoms with Crippen molar-refractivity contribution in [3.05, 3.63) is 0 Å². The quantitative estimate of drug-likeness (QED) is 0.222. The van der Waals surface area contributed by atoms with E-state index in [1.165, 1.54) is 32.1 Å². The molecule has 29 heavy (non-hydrogen) atoms. The summed E-state index contributed by atoms with van der Waals surface area (Å²) in [6.45, 7) is 1.17. The fourth-order valence-electron chi connectivity index (χ4n) is 4.69. The van der Waals surface area contributed by atoms with E-state index in [0.29, 0.717) is 12.5 Å². The number of aliphatic hydroxyl groups is 4. The van der Waals surface area contributed by atoms with E-state index in [-0.39, 0.29) is 6.42 Å². The Labute approximate surface area is 171 Å². The van der Waals surface area contributed by atoms with Gasteiger partial charge in [0.25, 0.3) is 0 Å². The van der Waals surface area contributed by atoms with Crippen molar-refractivity contribution in [2.75, 3.05) is 13.1 Å². The fraction of sp³-hybridized carbons (Fsp3) is 1.00. The largest absolute Gasteiger partial charge is 0.389 e. The number of rotatable bonds is 6. The highest BCUT2D eigenvalue weighted by atomic mass is 16.7. The lowest BCUT2D eigenvalue weighted by atomic mass is 9.84. The molecule has 0 amide bonds. The summed E-state index contributed by atoms with van der Waals surface area (Å²) in [7, 11) is 0. The summed E-state index contributed by atoms with van der Waals surface area (Å²) < 4.78 is 11.6. The highest BCUT2D eigenvalue weighted by Gasteiger charge is 2.48. The van der Waals surface area contributed by atoms with Gasteiger partial charge in [0.05, 0.1) is 12.1 Å². The van der Waals surface area contributed by atoms with Gasteiger partial charge in [0.1, 0.15) is 30.5 Å². The molecule has 11 N–H and O–H groups in total. The van der Waals surface area contributed by atoms with Gasteiger partial charge in [0.2, 0.25) is 0 Å². The van der Waals surface area contributed by atoms with E-state index in [2.05, 4.69) is 5.32 Å². The van der Waals surface area contributed by atoms with Gasteiger partial charge in [-0.25, -0.2) is 0 Å². The minimum atomic E-state index is -1.29. The van der Waals surface area contributed by atoms with Crippen LogP contribution in [0.5, 0.6) is 0 Å². The van der Waals surface area contributed by atoms with Crippen LogP contribution in [0.25, 0.3) is 0 Å². The Hall–Kier alpha value is -0.400. The monoisotopic (exact) mass is 418 g/mol. The number of hydrogen-bond acceptors (Lipinski definition) is 10. The summed E-state index contributed by atoms with van der Waals surface area (Å²) in [5, 5.41) is 44.4. The van der Waals surface area contributed by atoms with Crippen LogP contribution in [0.2, 0.25) is 0 Å². The summed E-state index contributed by atoms with van der Waals surface area (Å²) in [5.74, 6) is 0.616. The normalized spacial score (nSPS) is 47.3. The molecule has 10 heteroatoms. The lowest BCUT2D eigenvalue weighted by Gasteiger charge is -2.46. The molecule has 0 aromatic heterocycles. The van der Waals surface area contributed by atoms with Crippen LogP contribution in [0.3, 0.4) is 0 Å².